The van der Waals surface area contributed by atoms with Crippen LogP contribution >= 0.6 is 0 Å². The van der Waals surface area contributed by atoms with Crippen molar-refractivity contribution in [3.63, 3.8) is 0 Å². The van der Waals surface area contributed by atoms with E-state index in [4.69, 9.17) is 10.6 Å². The van der Waals surface area contributed by atoms with Gasteiger partial charge in [-0.2, -0.15) is 0 Å². The minimum atomic E-state index is -0.241. The quantitative estimate of drug-likeness (QED) is 0.378. The lowest BCUT2D eigenvalue weighted by Gasteiger charge is -2.09. The number of ether oxygens (including phenoxy) is 1. The third-order valence-corrected chi connectivity index (χ3v) is 4.44. The fourth-order valence-electron chi connectivity index (χ4n) is 3.08. The Bertz CT molecular complexity index is 914. The SMILES string of the molecule is COc1ccc2c(c1)c(CC(=O)NN)c(C)n2Cc1ccc(O)cc1. The first-order valence-corrected chi connectivity index (χ1v) is 7.96. The zero-order valence-corrected chi connectivity index (χ0v) is 14.2. The lowest BCUT2D eigenvalue weighted by atomic mass is 10.1. The molecule has 0 saturated carbocycles. The molecule has 2 aromatic carbocycles. The number of aromatic hydroxyl groups is 1. The van der Waals surface area contributed by atoms with Gasteiger partial charge in [0.05, 0.1) is 13.5 Å². The maximum atomic E-state index is 11.8. The summed E-state index contributed by atoms with van der Waals surface area (Å²) in [4.78, 5) is 11.8. The summed E-state index contributed by atoms with van der Waals surface area (Å²) in [5, 5.41) is 10.4. The van der Waals surface area contributed by atoms with E-state index in [9.17, 15) is 9.90 Å². The monoisotopic (exact) mass is 339 g/mol. The molecule has 4 N–H and O–H groups in total. The van der Waals surface area contributed by atoms with E-state index in [2.05, 4.69) is 9.99 Å². The van der Waals surface area contributed by atoms with E-state index in [0.717, 1.165) is 33.5 Å². The van der Waals surface area contributed by atoms with Crippen LogP contribution in [0.1, 0.15) is 16.8 Å². The number of amides is 1. The van der Waals surface area contributed by atoms with E-state index < -0.39 is 0 Å². The molecule has 0 atom stereocenters. The second-order valence-corrected chi connectivity index (χ2v) is 5.94. The average molecular weight is 339 g/mol. The highest BCUT2D eigenvalue weighted by Gasteiger charge is 2.17. The molecule has 0 aliphatic carbocycles. The van der Waals surface area contributed by atoms with Gasteiger partial charge in [0.15, 0.2) is 0 Å². The molecular formula is C19H21N3O3. The Morgan fingerprint density at radius 3 is 2.60 bits per heavy atom. The number of aromatic nitrogens is 1. The summed E-state index contributed by atoms with van der Waals surface area (Å²) in [6, 6.07) is 12.9. The Morgan fingerprint density at radius 1 is 1.24 bits per heavy atom. The average Bonchev–Trinajstić information content (AvgIpc) is 2.88. The van der Waals surface area contributed by atoms with Gasteiger partial charge in [-0.3, -0.25) is 10.2 Å². The van der Waals surface area contributed by atoms with Crippen molar-refractivity contribution in [1.29, 1.82) is 0 Å². The maximum Gasteiger partial charge on any atom is 0.238 e. The molecule has 130 valence electrons. The van der Waals surface area contributed by atoms with Crippen molar-refractivity contribution in [1.82, 2.24) is 9.99 Å². The van der Waals surface area contributed by atoms with Crippen LogP contribution in [0.4, 0.5) is 0 Å². The molecule has 6 nitrogen and oxygen atoms in total. The summed E-state index contributed by atoms with van der Waals surface area (Å²) >= 11 is 0. The van der Waals surface area contributed by atoms with Gasteiger partial charge < -0.3 is 14.4 Å². The van der Waals surface area contributed by atoms with Crippen LogP contribution < -0.4 is 16.0 Å². The number of rotatable bonds is 5. The van der Waals surface area contributed by atoms with Crippen LogP contribution in [0.2, 0.25) is 0 Å². The lowest BCUT2D eigenvalue weighted by molar-refractivity contribution is -0.120. The van der Waals surface area contributed by atoms with Crippen LogP contribution in [0.15, 0.2) is 42.5 Å². The molecule has 0 fully saturated rings. The van der Waals surface area contributed by atoms with Crippen molar-refractivity contribution in [2.24, 2.45) is 5.84 Å². The predicted octanol–water partition coefficient (Wildman–Crippen LogP) is 2.24. The number of benzene rings is 2. The van der Waals surface area contributed by atoms with Gasteiger partial charge in [-0.15, -0.1) is 0 Å². The van der Waals surface area contributed by atoms with Crippen molar-refractivity contribution >= 4 is 16.8 Å². The molecule has 1 aromatic heterocycles. The van der Waals surface area contributed by atoms with Crippen molar-refractivity contribution in [2.75, 3.05) is 7.11 Å². The second kappa shape index (κ2) is 6.86. The van der Waals surface area contributed by atoms with Gasteiger partial charge in [-0.25, -0.2) is 5.84 Å². The van der Waals surface area contributed by atoms with Crippen molar-refractivity contribution in [2.45, 2.75) is 19.9 Å². The number of nitrogens with two attached hydrogens (primary N) is 1. The first-order chi connectivity index (χ1) is 12.0. The van der Waals surface area contributed by atoms with Crippen molar-refractivity contribution in [3.8, 4) is 11.5 Å². The fraction of sp³-hybridized carbons (Fsp3) is 0.211. The minimum absolute atomic E-state index is 0.203. The first-order valence-electron chi connectivity index (χ1n) is 7.96. The number of nitrogens with one attached hydrogen (secondary N) is 1. The van der Waals surface area contributed by atoms with Crippen LogP contribution in [0.3, 0.4) is 0 Å². The van der Waals surface area contributed by atoms with Gasteiger partial charge in [0, 0.05) is 23.1 Å². The third kappa shape index (κ3) is 3.29. The number of phenolic OH excluding ortho intramolecular Hbond substituents is 1. The molecule has 3 aromatic rings. The highest BCUT2D eigenvalue weighted by atomic mass is 16.5. The van der Waals surface area contributed by atoms with Gasteiger partial charge in [0.2, 0.25) is 5.91 Å². The Hall–Kier alpha value is -2.99. The first kappa shape index (κ1) is 16.9. The fourth-order valence-corrected chi connectivity index (χ4v) is 3.08. The number of hydrogen-bond acceptors (Lipinski definition) is 4. The lowest BCUT2D eigenvalue weighted by Crippen LogP contribution is -2.31. The topological polar surface area (TPSA) is 89.5 Å². The van der Waals surface area contributed by atoms with Crippen LogP contribution in [-0.2, 0) is 17.8 Å². The Kier molecular flexibility index (Phi) is 4.63. The van der Waals surface area contributed by atoms with E-state index in [-0.39, 0.29) is 18.1 Å². The molecule has 25 heavy (non-hydrogen) atoms. The summed E-state index contributed by atoms with van der Waals surface area (Å²) in [6.07, 6.45) is 0.203. The van der Waals surface area contributed by atoms with E-state index in [1.54, 1.807) is 19.2 Å². The minimum Gasteiger partial charge on any atom is -0.508 e. The van der Waals surface area contributed by atoms with Crippen LogP contribution in [0.25, 0.3) is 10.9 Å². The van der Waals surface area contributed by atoms with Crippen LogP contribution in [0.5, 0.6) is 11.5 Å². The summed E-state index contributed by atoms with van der Waals surface area (Å²) in [5.74, 6) is 6.00. The number of fused-ring (bicyclic) bond motifs is 1. The molecule has 3 rings (SSSR count). The summed E-state index contributed by atoms with van der Waals surface area (Å²) in [7, 11) is 1.62. The number of nitrogens with zero attached hydrogens (tertiary/aromatic N) is 1. The Labute approximate surface area is 145 Å². The molecule has 0 radical (unpaired) electrons. The van der Waals surface area contributed by atoms with Gasteiger partial charge in [0.1, 0.15) is 11.5 Å². The molecule has 0 aliphatic heterocycles. The molecule has 0 unspecified atom stereocenters. The van der Waals surface area contributed by atoms with Crippen molar-refractivity contribution in [3.05, 3.63) is 59.3 Å². The van der Waals surface area contributed by atoms with Crippen LogP contribution in [-0.4, -0.2) is 22.7 Å². The van der Waals surface area contributed by atoms with Gasteiger partial charge in [0.25, 0.3) is 0 Å². The standard InChI is InChI=1S/C19H21N3O3/c1-12-16(10-19(24)21-20)17-9-15(25-2)7-8-18(17)22(12)11-13-3-5-14(23)6-4-13/h3-9,23H,10-11,20H2,1-2H3,(H,21,24). The summed E-state index contributed by atoms with van der Waals surface area (Å²) in [6.45, 7) is 2.63. The number of carbonyl (C=O) groups excluding carboxylic acids is 1. The Balaban J connectivity index is 2.12. The van der Waals surface area contributed by atoms with E-state index in [1.165, 1.54) is 0 Å². The molecule has 1 amide bonds. The predicted molar refractivity (Wildman–Crippen MR) is 96.5 cm³/mol. The molecular weight excluding hydrogens is 318 g/mol. The van der Waals surface area contributed by atoms with E-state index in [1.807, 2.05) is 37.3 Å². The number of hydrogen-bond donors (Lipinski definition) is 3. The van der Waals surface area contributed by atoms with Crippen LogP contribution in [0, 0.1) is 6.92 Å². The van der Waals surface area contributed by atoms with Gasteiger partial charge in [-0.05, 0) is 48.4 Å². The molecule has 6 heteroatoms. The van der Waals surface area contributed by atoms with Crippen molar-refractivity contribution < 1.29 is 14.6 Å². The third-order valence-electron chi connectivity index (χ3n) is 4.44. The Morgan fingerprint density at radius 2 is 1.96 bits per heavy atom. The number of phenols is 1. The second-order valence-electron chi connectivity index (χ2n) is 5.94. The number of carbonyl (C=O) groups is 1. The molecule has 0 saturated heterocycles. The van der Waals surface area contributed by atoms with E-state index in [0.29, 0.717) is 6.54 Å². The number of hydrazine groups is 1. The zero-order valence-electron chi connectivity index (χ0n) is 14.2. The van der Waals surface area contributed by atoms with Gasteiger partial charge in [-0.1, -0.05) is 12.1 Å². The number of methoxy groups -OCH3 is 1. The highest BCUT2D eigenvalue weighted by molar-refractivity contribution is 5.91. The zero-order chi connectivity index (χ0) is 18.0. The normalized spacial score (nSPS) is 10.8. The maximum absolute atomic E-state index is 11.8. The highest BCUT2D eigenvalue weighted by Crippen LogP contribution is 2.30. The van der Waals surface area contributed by atoms with E-state index >= 15 is 0 Å². The smallest absolute Gasteiger partial charge is 0.238 e. The molecule has 0 bridgehead atoms. The largest absolute Gasteiger partial charge is 0.508 e. The summed E-state index contributed by atoms with van der Waals surface area (Å²) < 4.78 is 7.48. The molecule has 0 spiro atoms. The summed E-state index contributed by atoms with van der Waals surface area (Å²) in [5.41, 5.74) is 6.20. The molecule has 0 aliphatic rings. The molecule has 1 heterocycles. The van der Waals surface area contributed by atoms with Gasteiger partial charge >= 0.3 is 0 Å².